The maximum Gasteiger partial charge on any atom is 0.132 e. The average molecular weight is 201 g/mol. The zero-order chi connectivity index (χ0) is 9.84. The SMILES string of the molecule is CCC(N)c1cnc(Cl)cc1OC. The Balaban J connectivity index is 3.05. The maximum atomic E-state index is 5.86. The monoisotopic (exact) mass is 200 g/mol. The van der Waals surface area contributed by atoms with E-state index in [2.05, 4.69) is 4.98 Å². The molecule has 0 fully saturated rings. The smallest absolute Gasteiger partial charge is 0.132 e. The summed E-state index contributed by atoms with van der Waals surface area (Å²) in [5.41, 5.74) is 6.76. The molecule has 72 valence electrons. The lowest BCUT2D eigenvalue weighted by molar-refractivity contribution is 0.404. The molecule has 2 N–H and O–H groups in total. The van der Waals surface area contributed by atoms with Gasteiger partial charge in [0.1, 0.15) is 10.9 Å². The van der Waals surface area contributed by atoms with Gasteiger partial charge in [0, 0.05) is 23.9 Å². The lowest BCUT2D eigenvalue weighted by atomic mass is 10.1. The van der Waals surface area contributed by atoms with Gasteiger partial charge in [-0.2, -0.15) is 0 Å². The van der Waals surface area contributed by atoms with E-state index in [-0.39, 0.29) is 6.04 Å². The predicted octanol–water partition coefficient (Wildman–Crippen LogP) is 2.15. The lowest BCUT2D eigenvalue weighted by Gasteiger charge is -2.13. The van der Waals surface area contributed by atoms with Crippen LogP contribution in [0.25, 0.3) is 0 Å². The number of halogens is 1. The number of pyridine rings is 1. The Morgan fingerprint density at radius 3 is 2.92 bits per heavy atom. The Hall–Kier alpha value is -0.800. The second-order valence-corrected chi connectivity index (χ2v) is 3.15. The topological polar surface area (TPSA) is 48.1 Å². The number of methoxy groups -OCH3 is 1. The quantitative estimate of drug-likeness (QED) is 0.761. The van der Waals surface area contributed by atoms with E-state index in [1.54, 1.807) is 19.4 Å². The lowest BCUT2D eigenvalue weighted by Crippen LogP contribution is -2.10. The normalized spacial score (nSPS) is 12.6. The van der Waals surface area contributed by atoms with Crippen molar-refractivity contribution < 1.29 is 4.74 Å². The van der Waals surface area contributed by atoms with E-state index in [1.165, 1.54) is 0 Å². The van der Waals surface area contributed by atoms with Crippen LogP contribution in [-0.2, 0) is 0 Å². The summed E-state index contributed by atoms with van der Waals surface area (Å²) >= 11 is 5.71. The van der Waals surface area contributed by atoms with Crippen molar-refractivity contribution in [3.05, 3.63) is 23.0 Å². The van der Waals surface area contributed by atoms with Crippen molar-refractivity contribution in [2.24, 2.45) is 5.73 Å². The number of aromatic nitrogens is 1. The van der Waals surface area contributed by atoms with Crippen molar-refractivity contribution >= 4 is 11.6 Å². The highest BCUT2D eigenvalue weighted by Crippen LogP contribution is 2.26. The zero-order valence-corrected chi connectivity index (χ0v) is 8.51. The van der Waals surface area contributed by atoms with E-state index in [4.69, 9.17) is 22.1 Å². The second-order valence-electron chi connectivity index (χ2n) is 2.76. The Bertz CT molecular complexity index is 291. The first-order valence-corrected chi connectivity index (χ1v) is 4.51. The van der Waals surface area contributed by atoms with Gasteiger partial charge in [-0.25, -0.2) is 4.98 Å². The van der Waals surface area contributed by atoms with E-state index < -0.39 is 0 Å². The van der Waals surface area contributed by atoms with Gasteiger partial charge >= 0.3 is 0 Å². The molecule has 1 heterocycles. The van der Waals surface area contributed by atoms with Gasteiger partial charge in [-0.3, -0.25) is 0 Å². The second kappa shape index (κ2) is 4.44. The van der Waals surface area contributed by atoms with E-state index >= 15 is 0 Å². The van der Waals surface area contributed by atoms with Gasteiger partial charge in [0.2, 0.25) is 0 Å². The van der Waals surface area contributed by atoms with E-state index in [9.17, 15) is 0 Å². The molecule has 0 bridgehead atoms. The number of nitrogens with two attached hydrogens (primary N) is 1. The van der Waals surface area contributed by atoms with Gasteiger partial charge in [-0.1, -0.05) is 18.5 Å². The van der Waals surface area contributed by atoms with Crippen LogP contribution in [0.2, 0.25) is 5.15 Å². The average Bonchev–Trinajstić information content (AvgIpc) is 2.16. The van der Waals surface area contributed by atoms with Gasteiger partial charge in [-0.05, 0) is 6.42 Å². The molecule has 1 aromatic rings. The van der Waals surface area contributed by atoms with Crippen LogP contribution < -0.4 is 10.5 Å². The van der Waals surface area contributed by atoms with E-state index in [0.29, 0.717) is 10.9 Å². The molecule has 0 aliphatic carbocycles. The maximum absolute atomic E-state index is 5.86. The minimum atomic E-state index is -0.0419. The van der Waals surface area contributed by atoms with E-state index in [1.807, 2.05) is 6.92 Å². The Labute approximate surface area is 82.9 Å². The Kier molecular flexibility index (Phi) is 3.51. The highest BCUT2D eigenvalue weighted by Gasteiger charge is 2.10. The largest absolute Gasteiger partial charge is 0.496 e. The minimum absolute atomic E-state index is 0.0419. The van der Waals surface area contributed by atoms with Crippen molar-refractivity contribution in [2.75, 3.05) is 7.11 Å². The van der Waals surface area contributed by atoms with Crippen LogP contribution in [0, 0.1) is 0 Å². The molecule has 0 spiro atoms. The molecule has 0 aromatic carbocycles. The number of ether oxygens (including phenoxy) is 1. The molecule has 1 aromatic heterocycles. The number of hydrogen-bond acceptors (Lipinski definition) is 3. The van der Waals surface area contributed by atoms with Gasteiger partial charge in [0.05, 0.1) is 7.11 Å². The minimum Gasteiger partial charge on any atom is -0.496 e. The molecule has 0 aliphatic heterocycles. The van der Waals surface area contributed by atoms with Crippen LogP contribution >= 0.6 is 11.6 Å². The van der Waals surface area contributed by atoms with Crippen LogP contribution in [0.5, 0.6) is 5.75 Å². The molecule has 0 radical (unpaired) electrons. The summed E-state index contributed by atoms with van der Waals surface area (Å²) in [7, 11) is 1.59. The molecular weight excluding hydrogens is 188 g/mol. The van der Waals surface area contributed by atoms with Gasteiger partial charge in [-0.15, -0.1) is 0 Å². The van der Waals surface area contributed by atoms with Crippen molar-refractivity contribution in [3.8, 4) is 5.75 Å². The fourth-order valence-electron chi connectivity index (χ4n) is 1.10. The highest BCUT2D eigenvalue weighted by molar-refractivity contribution is 6.29. The van der Waals surface area contributed by atoms with Crippen molar-refractivity contribution in [1.29, 1.82) is 0 Å². The molecule has 4 heteroatoms. The molecule has 1 unspecified atom stereocenters. The van der Waals surface area contributed by atoms with Gasteiger partial charge < -0.3 is 10.5 Å². The number of nitrogens with zero attached hydrogens (tertiary/aromatic N) is 1. The molecule has 13 heavy (non-hydrogen) atoms. The third kappa shape index (κ3) is 2.32. The third-order valence-corrected chi connectivity index (χ3v) is 2.13. The summed E-state index contributed by atoms with van der Waals surface area (Å²) in [5.74, 6) is 0.703. The zero-order valence-electron chi connectivity index (χ0n) is 7.75. The van der Waals surface area contributed by atoms with Gasteiger partial charge in [0.15, 0.2) is 0 Å². The first-order valence-electron chi connectivity index (χ1n) is 4.14. The molecule has 0 aliphatic rings. The fraction of sp³-hybridized carbons (Fsp3) is 0.444. The number of hydrogen-bond donors (Lipinski definition) is 1. The Morgan fingerprint density at radius 2 is 2.38 bits per heavy atom. The van der Waals surface area contributed by atoms with Crippen molar-refractivity contribution in [3.63, 3.8) is 0 Å². The summed E-state index contributed by atoms with van der Waals surface area (Å²) in [6.45, 7) is 2.01. The molecule has 0 amide bonds. The fourth-order valence-corrected chi connectivity index (χ4v) is 1.25. The first kappa shape index (κ1) is 10.3. The standard InChI is InChI=1S/C9H13ClN2O/c1-3-7(11)6-5-12-9(10)4-8(6)13-2/h4-5,7H,3,11H2,1-2H3. The Morgan fingerprint density at radius 1 is 1.69 bits per heavy atom. The summed E-state index contributed by atoms with van der Waals surface area (Å²) in [6, 6.07) is 1.63. The van der Waals surface area contributed by atoms with Crippen LogP contribution in [0.1, 0.15) is 24.9 Å². The first-order chi connectivity index (χ1) is 6.19. The van der Waals surface area contributed by atoms with Crippen LogP contribution in [0.15, 0.2) is 12.3 Å². The highest BCUT2D eigenvalue weighted by atomic mass is 35.5. The van der Waals surface area contributed by atoms with Crippen LogP contribution in [-0.4, -0.2) is 12.1 Å². The summed E-state index contributed by atoms with van der Waals surface area (Å²) in [5, 5.41) is 0.420. The summed E-state index contributed by atoms with van der Waals surface area (Å²) < 4.78 is 5.14. The van der Waals surface area contributed by atoms with Crippen molar-refractivity contribution in [2.45, 2.75) is 19.4 Å². The van der Waals surface area contributed by atoms with Gasteiger partial charge in [0.25, 0.3) is 0 Å². The molecule has 0 saturated heterocycles. The molecule has 0 saturated carbocycles. The molecule has 1 atom stereocenters. The predicted molar refractivity (Wildman–Crippen MR) is 53.0 cm³/mol. The molecule has 1 rings (SSSR count). The van der Waals surface area contributed by atoms with Crippen molar-refractivity contribution in [1.82, 2.24) is 4.98 Å². The number of rotatable bonds is 3. The third-order valence-electron chi connectivity index (χ3n) is 1.92. The van der Waals surface area contributed by atoms with E-state index in [0.717, 1.165) is 12.0 Å². The molecular formula is C9H13ClN2O. The van der Waals surface area contributed by atoms with Crippen LogP contribution in [0.4, 0.5) is 0 Å². The summed E-state index contributed by atoms with van der Waals surface area (Å²) in [6.07, 6.45) is 2.51. The molecule has 3 nitrogen and oxygen atoms in total. The van der Waals surface area contributed by atoms with Crippen LogP contribution in [0.3, 0.4) is 0 Å². The summed E-state index contributed by atoms with van der Waals surface area (Å²) in [4.78, 5) is 3.96.